The van der Waals surface area contributed by atoms with Crippen LogP contribution in [0, 0.1) is 34.5 Å². The Kier molecular flexibility index (Phi) is 3.46. The minimum atomic E-state index is -0.327. The van der Waals surface area contributed by atoms with Gasteiger partial charge in [-0.1, -0.05) is 13.8 Å². The molecule has 126 valence electrons. The van der Waals surface area contributed by atoms with E-state index in [-0.39, 0.29) is 29.6 Å². The quantitative estimate of drug-likeness (QED) is 0.645. The first-order valence-corrected chi connectivity index (χ1v) is 9.40. The number of hydrogen-bond donors (Lipinski definition) is 3. The molecule has 3 N–H and O–H groups in total. The number of aliphatic hydroxyl groups excluding tert-OH is 3. The van der Waals surface area contributed by atoms with Gasteiger partial charge in [0.15, 0.2) is 0 Å². The highest BCUT2D eigenvalue weighted by atomic mass is 16.3. The van der Waals surface area contributed by atoms with E-state index in [9.17, 15) is 15.3 Å². The maximum atomic E-state index is 10.6. The number of hydrogen-bond acceptors (Lipinski definition) is 3. The second-order valence-corrected chi connectivity index (χ2v) is 9.37. The summed E-state index contributed by atoms with van der Waals surface area (Å²) in [6.07, 6.45) is 7.54. The van der Waals surface area contributed by atoms with Gasteiger partial charge in [0.25, 0.3) is 0 Å². The molecule has 0 aliphatic heterocycles. The molecular weight excluding hydrogens is 276 g/mol. The number of rotatable bonds is 0. The lowest BCUT2D eigenvalue weighted by atomic mass is 9.45. The molecule has 0 aromatic carbocycles. The zero-order valence-corrected chi connectivity index (χ0v) is 14.0. The second-order valence-electron chi connectivity index (χ2n) is 9.37. The van der Waals surface area contributed by atoms with E-state index in [1.807, 2.05) is 0 Å². The summed E-state index contributed by atoms with van der Waals surface area (Å²) in [5, 5.41) is 31.2. The molecule has 4 aliphatic rings. The molecule has 0 aromatic rings. The highest BCUT2D eigenvalue weighted by molar-refractivity contribution is 5.11. The Bertz CT molecular complexity index is 452. The van der Waals surface area contributed by atoms with Gasteiger partial charge in [-0.05, 0) is 79.4 Å². The van der Waals surface area contributed by atoms with Crippen LogP contribution in [0.25, 0.3) is 0 Å². The van der Waals surface area contributed by atoms with E-state index in [2.05, 4.69) is 13.8 Å². The van der Waals surface area contributed by atoms with Gasteiger partial charge < -0.3 is 15.3 Å². The maximum absolute atomic E-state index is 10.6. The number of fused-ring (bicyclic) bond motifs is 5. The third kappa shape index (κ3) is 1.91. The predicted molar refractivity (Wildman–Crippen MR) is 85.1 cm³/mol. The topological polar surface area (TPSA) is 60.7 Å². The monoisotopic (exact) mass is 308 g/mol. The Morgan fingerprint density at radius 2 is 1.55 bits per heavy atom. The van der Waals surface area contributed by atoms with Crippen molar-refractivity contribution >= 4 is 0 Å². The van der Waals surface area contributed by atoms with Crippen LogP contribution < -0.4 is 0 Å². The Hall–Kier alpha value is -0.120. The van der Waals surface area contributed by atoms with Crippen molar-refractivity contribution in [3.05, 3.63) is 0 Å². The molecule has 0 aromatic heterocycles. The molecule has 22 heavy (non-hydrogen) atoms. The fraction of sp³-hybridized carbons (Fsp3) is 1.00. The molecule has 0 heterocycles. The van der Waals surface area contributed by atoms with Crippen molar-refractivity contribution in [2.24, 2.45) is 34.5 Å². The van der Waals surface area contributed by atoms with E-state index < -0.39 is 0 Å². The van der Waals surface area contributed by atoms with Crippen LogP contribution in [0.3, 0.4) is 0 Å². The smallest absolute Gasteiger partial charge is 0.0622 e. The summed E-state index contributed by atoms with van der Waals surface area (Å²) in [7, 11) is 0. The second kappa shape index (κ2) is 4.94. The molecule has 0 spiro atoms. The average molecular weight is 308 g/mol. The van der Waals surface area contributed by atoms with Crippen molar-refractivity contribution in [1.82, 2.24) is 0 Å². The summed E-state index contributed by atoms with van der Waals surface area (Å²) in [4.78, 5) is 0. The van der Waals surface area contributed by atoms with Crippen LogP contribution in [0.15, 0.2) is 0 Å². The van der Waals surface area contributed by atoms with E-state index in [1.54, 1.807) is 0 Å². The number of aliphatic hydroxyl groups is 3. The van der Waals surface area contributed by atoms with Crippen LogP contribution in [-0.2, 0) is 0 Å². The lowest BCUT2D eigenvalue weighted by molar-refractivity contribution is -0.145. The molecule has 3 unspecified atom stereocenters. The summed E-state index contributed by atoms with van der Waals surface area (Å²) in [6.45, 7) is 4.68. The molecule has 4 rings (SSSR count). The molecule has 9 atom stereocenters. The zero-order chi connectivity index (χ0) is 15.7. The largest absolute Gasteiger partial charge is 0.393 e. The molecule has 0 saturated heterocycles. The molecule has 0 radical (unpaired) electrons. The van der Waals surface area contributed by atoms with Crippen LogP contribution >= 0.6 is 0 Å². The highest BCUT2D eigenvalue weighted by Gasteiger charge is 2.62. The van der Waals surface area contributed by atoms with Crippen molar-refractivity contribution in [2.45, 2.75) is 83.5 Å². The molecule has 4 aliphatic carbocycles. The van der Waals surface area contributed by atoms with Crippen molar-refractivity contribution in [3.63, 3.8) is 0 Å². The SMILES string of the molecule is C[C@]12CCC3C(CC[C@H]4C[C@H](O)CC[C@]34C)C1[C@@H](O)C[C@@H]2O. The summed E-state index contributed by atoms with van der Waals surface area (Å²) >= 11 is 0. The molecular formula is C19H32O3. The van der Waals surface area contributed by atoms with Gasteiger partial charge in [0.05, 0.1) is 18.3 Å². The predicted octanol–water partition coefficient (Wildman–Crippen LogP) is 2.72. The van der Waals surface area contributed by atoms with Crippen molar-refractivity contribution in [3.8, 4) is 0 Å². The summed E-state index contributed by atoms with van der Waals surface area (Å²) < 4.78 is 0. The lowest BCUT2D eigenvalue weighted by Gasteiger charge is -2.60. The van der Waals surface area contributed by atoms with Gasteiger partial charge in [-0.3, -0.25) is 0 Å². The highest BCUT2D eigenvalue weighted by Crippen LogP contribution is 2.66. The van der Waals surface area contributed by atoms with E-state index in [4.69, 9.17) is 0 Å². The van der Waals surface area contributed by atoms with Crippen LogP contribution in [-0.4, -0.2) is 33.6 Å². The first-order chi connectivity index (χ1) is 10.4. The molecule has 0 amide bonds. The third-order valence-electron chi connectivity index (χ3n) is 8.58. The van der Waals surface area contributed by atoms with E-state index in [0.717, 1.165) is 25.7 Å². The first-order valence-electron chi connectivity index (χ1n) is 9.40. The molecule has 4 saturated carbocycles. The fourth-order valence-corrected chi connectivity index (χ4v) is 7.27. The average Bonchev–Trinajstić information content (AvgIpc) is 2.70. The molecule has 4 fully saturated rings. The lowest BCUT2D eigenvalue weighted by Crippen LogP contribution is -2.55. The first kappa shape index (κ1) is 15.4. The maximum Gasteiger partial charge on any atom is 0.0622 e. The van der Waals surface area contributed by atoms with Gasteiger partial charge in [0, 0.05) is 6.42 Å². The fourth-order valence-electron chi connectivity index (χ4n) is 7.27. The molecule has 3 heteroatoms. The minimum absolute atomic E-state index is 0.0715. The standard InChI is InChI=1S/C19H32O3/c1-18-7-5-12(20)9-11(18)3-4-13-14(18)6-8-19(2)16(22)10-15(21)17(13)19/h11-17,20-22H,3-10H2,1-2H3/t11-,12+,13?,14?,15-,16-,17?,18-,19+/m0/s1. The van der Waals surface area contributed by atoms with E-state index in [0.29, 0.717) is 29.6 Å². The Labute approximate surface area is 134 Å². The van der Waals surface area contributed by atoms with Crippen LogP contribution in [0.4, 0.5) is 0 Å². The molecule has 0 bridgehead atoms. The van der Waals surface area contributed by atoms with Crippen LogP contribution in [0.2, 0.25) is 0 Å². The van der Waals surface area contributed by atoms with E-state index in [1.165, 1.54) is 19.3 Å². The van der Waals surface area contributed by atoms with Crippen LogP contribution in [0.5, 0.6) is 0 Å². The van der Waals surface area contributed by atoms with Gasteiger partial charge in [-0.15, -0.1) is 0 Å². The third-order valence-corrected chi connectivity index (χ3v) is 8.58. The van der Waals surface area contributed by atoms with Gasteiger partial charge in [-0.2, -0.15) is 0 Å². The summed E-state index contributed by atoms with van der Waals surface area (Å²) in [5.74, 6) is 2.19. The van der Waals surface area contributed by atoms with Crippen molar-refractivity contribution in [1.29, 1.82) is 0 Å². The molecule has 3 nitrogen and oxygen atoms in total. The zero-order valence-electron chi connectivity index (χ0n) is 14.0. The minimum Gasteiger partial charge on any atom is -0.393 e. The van der Waals surface area contributed by atoms with E-state index >= 15 is 0 Å². The van der Waals surface area contributed by atoms with Gasteiger partial charge in [-0.25, -0.2) is 0 Å². The van der Waals surface area contributed by atoms with Crippen molar-refractivity contribution in [2.75, 3.05) is 0 Å². The Morgan fingerprint density at radius 3 is 2.32 bits per heavy atom. The van der Waals surface area contributed by atoms with Gasteiger partial charge in [0.1, 0.15) is 0 Å². The Balaban J connectivity index is 1.65. The summed E-state index contributed by atoms with van der Waals surface area (Å²) in [6, 6.07) is 0. The van der Waals surface area contributed by atoms with Crippen LogP contribution in [0.1, 0.15) is 65.2 Å². The van der Waals surface area contributed by atoms with Gasteiger partial charge in [0.2, 0.25) is 0 Å². The summed E-state index contributed by atoms with van der Waals surface area (Å²) in [5.41, 5.74) is 0.273. The van der Waals surface area contributed by atoms with Crippen molar-refractivity contribution < 1.29 is 15.3 Å². The normalized spacial score (nSPS) is 61.2. The Morgan fingerprint density at radius 1 is 0.818 bits per heavy atom. The van der Waals surface area contributed by atoms with Gasteiger partial charge >= 0.3 is 0 Å².